The van der Waals surface area contributed by atoms with Crippen LogP contribution in [0.4, 0.5) is 0 Å². The van der Waals surface area contributed by atoms with Gasteiger partial charge in [0, 0.05) is 5.41 Å². The first-order chi connectivity index (χ1) is 3.12. The molecule has 0 aliphatic heterocycles. The van der Waals surface area contributed by atoms with E-state index in [0.29, 0.717) is 0 Å². The average Bonchev–Trinajstić information content (AvgIpc) is 1.68. The van der Waals surface area contributed by atoms with E-state index in [0.717, 1.165) is 5.41 Å². The summed E-state index contributed by atoms with van der Waals surface area (Å²) in [5, 5.41) is 0.840. The van der Waals surface area contributed by atoms with Gasteiger partial charge in [-0.3, -0.25) is 0 Å². The van der Waals surface area contributed by atoms with Crippen molar-refractivity contribution in [1.29, 1.82) is 0 Å². The quantitative estimate of drug-likeness (QED) is 0.533. The van der Waals surface area contributed by atoms with Crippen LogP contribution in [-0.4, -0.2) is 14.3 Å². The Kier molecular flexibility index (Phi) is 1.98. The van der Waals surface area contributed by atoms with Crippen LogP contribution < -0.4 is 5.73 Å². The molecule has 0 atom stereocenters. The first-order valence-corrected chi connectivity index (χ1v) is 3.39. The van der Waals surface area contributed by atoms with Crippen LogP contribution >= 0.6 is 0 Å². The van der Waals surface area contributed by atoms with Crippen LogP contribution in [0.1, 0.15) is 0 Å². The second-order valence-electron chi connectivity index (χ2n) is 0.996. The SMILES string of the molecule is C=CS(=O)(=O)CN. The van der Waals surface area contributed by atoms with E-state index in [4.69, 9.17) is 5.73 Å². The Hall–Kier alpha value is -0.350. The van der Waals surface area contributed by atoms with Crippen LogP contribution in [0.3, 0.4) is 0 Å². The highest BCUT2D eigenvalue weighted by Gasteiger charge is 1.95. The Morgan fingerprint density at radius 3 is 2.14 bits per heavy atom. The minimum Gasteiger partial charge on any atom is -0.317 e. The maximum Gasteiger partial charge on any atom is 0.183 e. The molecule has 0 aliphatic rings. The molecule has 0 bridgehead atoms. The summed E-state index contributed by atoms with van der Waals surface area (Å²) in [6, 6.07) is 0. The van der Waals surface area contributed by atoms with Crippen LogP contribution in [0, 0.1) is 0 Å². The topological polar surface area (TPSA) is 60.2 Å². The zero-order chi connectivity index (χ0) is 5.91. The number of nitrogens with two attached hydrogens (primary N) is 1. The minimum atomic E-state index is -3.12. The fraction of sp³-hybridized carbons (Fsp3) is 0.333. The molecule has 0 spiro atoms. The molecular weight excluding hydrogens is 114 g/mol. The number of rotatable bonds is 2. The van der Waals surface area contributed by atoms with Gasteiger partial charge in [0.1, 0.15) is 5.88 Å². The van der Waals surface area contributed by atoms with Gasteiger partial charge in [-0.15, -0.1) is 0 Å². The molecule has 7 heavy (non-hydrogen) atoms. The van der Waals surface area contributed by atoms with Crippen LogP contribution in [0.5, 0.6) is 0 Å². The lowest BCUT2D eigenvalue weighted by Crippen LogP contribution is -2.10. The molecule has 0 saturated carbocycles. The third-order valence-electron chi connectivity index (χ3n) is 0.486. The summed E-state index contributed by atoms with van der Waals surface area (Å²) < 4.78 is 20.2. The lowest BCUT2D eigenvalue weighted by molar-refractivity contribution is 0.605. The van der Waals surface area contributed by atoms with Gasteiger partial charge in [0.15, 0.2) is 9.84 Å². The summed E-state index contributed by atoms with van der Waals surface area (Å²) in [7, 11) is -3.12. The predicted molar refractivity (Wildman–Crippen MR) is 28.2 cm³/mol. The van der Waals surface area contributed by atoms with E-state index in [-0.39, 0.29) is 5.88 Å². The van der Waals surface area contributed by atoms with Crippen molar-refractivity contribution in [2.45, 2.75) is 0 Å². The van der Waals surface area contributed by atoms with Crippen LogP contribution in [-0.2, 0) is 9.84 Å². The smallest absolute Gasteiger partial charge is 0.183 e. The largest absolute Gasteiger partial charge is 0.317 e. The second kappa shape index (κ2) is 2.09. The van der Waals surface area contributed by atoms with Gasteiger partial charge in [0.05, 0.1) is 0 Å². The van der Waals surface area contributed by atoms with Gasteiger partial charge in [0.25, 0.3) is 0 Å². The number of hydrogen-bond acceptors (Lipinski definition) is 3. The molecule has 3 nitrogen and oxygen atoms in total. The van der Waals surface area contributed by atoms with Crippen LogP contribution in [0.15, 0.2) is 12.0 Å². The standard InChI is InChI=1S/C3H7NO2S/c1-2-7(5,6)3-4/h2H,1,3-4H2. The summed E-state index contributed by atoms with van der Waals surface area (Å²) in [5.41, 5.74) is 4.76. The summed E-state index contributed by atoms with van der Waals surface area (Å²) in [5.74, 6) is -0.351. The van der Waals surface area contributed by atoms with E-state index in [1.54, 1.807) is 0 Å². The molecule has 0 rings (SSSR count). The predicted octanol–water partition coefficient (Wildman–Crippen LogP) is -0.539. The zero-order valence-corrected chi connectivity index (χ0v) is 4.61. The first kappa shape index (κ1) is 6.65. The fourth-order valence-electron chi connectivity index (χ4n) is 0.0680. The molecule has 0 unspecified atom stereocenters. The Morgan fingerprint density at radius 1 is 1.71 bits per heavy atom. The number of hydrogen-bond donors (Lipinski definition) is 1. The lowest BCUT2D eigenvalue weighted by Gasteiger charge is -1.84. The third-order valence-corrected chi connectivity index (χ3v) is 1.46. The van der Waals surface area contributed by atoms with Crippen molar-refractivity contribution in [3.05, 3.63) is 12.0 Å². The Bertz CT molecular complexity index is 146. The molecule has 0 aliphatic carbocycles. The van der Waals surface area contributed by atoms with Gasteiger partial charge in [0.2, 0.25) is 0 Å². The normalized spacial score (nSPS) is 11.0. The Labute approximate surface area is 42.7 Å². The monoisotopic (exact) mass is 121 g/mol. The molecule has 4 heteroatoms. The summed E-state index contributed by atoms with van der Waals surface area (Å²) >= 11 is 0. The highest BCUT2D eigenvalue weighted by Crippen LogP contribution is 1.81. The fourth-order valence-corrected chi connectivity index (χ4v) is 0.204. The van der Waals surface area contributed by atoms with Gasteiger partial charge in [-0.1, -0.05) is 6.58 Å². The first-order valence-electron chi connectivity index (χ1n) is 1.67. The van der Waals surface area contributed by atoms with Crippen molar-refractivity contribution in [2.24, 2.45) is 5.73 Å². The Morgan fingerprint density at radius 2 is 2.14 bits per heavy atom. The third kappa shape index (κ3) is 2.36. The van der Waals surface area contributed by atoms with Crippen molar-refractivity contribution in [2.75, 3.05) is 5.88 Å². The maximum absolute atomic E-state index is 10.1. The van der Waals surface area contributed by atoms with Gasteiger partial charge < -0.3 is 5.73 Å². The summed E-state index contributed by atoms with van der Waals surface area (Å²) in [6.45, 7) is 3.04. The highest BCUT2D eigenvalue weighted by atomic mass is 32.2. The molecule has 0 fully saturated rings. The van der Waals surface area contributed by atoms with E-state index in [2.05, 4.69) is 6.58 Å². The van der Waals surface area contributed by atoms with Crippen LogP contribution in [0.2, 0.25) is 0 Å². The van der Waals surface area contributed by atoms with Crippen molar-refractivity contribution in [3.63, 3.8) is 0 Å². The molecule has 42 valence electrons. The van der Waals surface area contributed by atoms with Crippen molar-refractivity contribution >= 4 is 9.84 Å². The van der Waals surface area contributed by atoms with E-state index >= 15 is 0 Å². The van der Waals surface area contributed by atoms with E-state index in [1.807, 2.05) is 0 Å². The summed E-state index contributed by atoms with van der Waals surface area (Å²) in [4.78, 5) is 0. The lowest BCUT2D eigenvalue weighted by atomic mass is 11.3. The minimum absolute atomic E-state index is 0.351. The zero-order valence-electron chi connectivity index (χ0n) is 3.79. The van der Waals surface area contributed by atoms with Crippen molar-refractivity contribution in [3.8, 4) is 0 Å². The average molecular weight is 121 g/mol. The van der Waals surface area contributed by atoms with Gasteiger partial charge >= 0.3 is 0 Å². The molecule has 0 heterocycles. The highest BCUT2D eigenvalue weighted by molar-refractivity contribution is 7.94. The molecule has 0 aromatic carbocycles. The molecule has 0 aromatic heterocycles. The Balaban J connectivity index is 4.17. The molecule has 2 N–H and O–H groups in total. The molecular formula is C3H7NO2S. The van der Waals surface area contributed by atoms with E-state index < -0.39 is 9.84 Å². The van der Waals surface area contributed by atoms with Gasteiger partial charge in [-0.25, -0.2) is 8.42 Å². The maximum atomic E-state index is 10.1. The van der Waals surface area contributed by atoms with E-state index in [1.165, 1.54) is 0 Å². The van der Waals surface area contributed by atoms with Crippen molar-refractivity contribution < 1.29 is 8.42 Å². The molecule has 0 aromatic rings. The molecule has 0 radical (unpaired) electrons. The van der Waals surface area contributed by atoms with Gasteiger partial charge in [-0.2, -0.15) is 0 Å². The van der Waals surface area contributed by atoms with E-state index in [9.17, 15) is 8.42 Å². The van der Waals surface area contributed by atoms with Crippen molar-refractivity contribution in [1.82, 2.24) is 0 Å². The molecule has 0 saturated heterocycles. The van der Waals surface area contributed by atoms with Gasteiger partial charge in [-0.05, 0) is 0 Å². The molecule has 0 amide bonds. The second-order valence-corrected chi connectivity index (χ2v) is 2.99. The number of sulfone groups is 1. The summed E-state index contributed by atoms with van der Waals surface area (Å²) in [6.07, 6.45) is 0. The van der Waals surface area contributed by atoms with Crippen LogP contribution in [0.25, 0.3) is 0 Å².